The molecule has 1 rings (SSSR count). The highest BCUT2D eigenvalue weighted by Crippen LogP contribution is 2.23. The summed E-state index contributed by atoms with van der Waals surface area (Å²) < 4.78 is 0. The Morgan fingerprint density at radius 2 is 2.30 bits per heavy atom. The van der Waals surface area contributed by atoms with Crippen LogP contribution in [0, 0.1) is 16.0 Å². The fraction of sp³-hybridized carbons (Fsp3) is 0.500. The van der Waals surface area contributed by atoms with E-state index in [4.69, 9.17) is 10.2 Å². The van der Waals surface area contributed by atoms with E-state index in [9.17, 15) is 14.9 Å². The van der Waals surface area contributed by atoms with Crippen molar-refractivity contribution >= 4 is 17.5 Å². The number of hydrogen-bond donors (Lipinski definition) is 3. The molecule has 1 aromatic heterocycles. The molecule has 110 valence electrons. The number of aliphatic hydroxyl groups excluding tert-OH is 1. The van der Waals surface area contributed by atoms with Crippen LogP contribution in [0.15, 0.2) is 12.3 Å². The predicted octanol–water partition coefficient (Wildman–Crippen LogP) is 1.51. The number of rotatable bonds is 8. The van der Waals surface area contributed by atoms with Crippen LogP contribution < -0.4 is 5.32 Å². The zero-order valence-electron chi connectivity index (χ0n) is 11.1. The molecule has 1 unspecified atom stereocenters. The monoisotopic (exact) mass is 283 g/mol. The standard InChI is InChI=1S/C12H17N3O5/c1-2-8(3-4-16)6-13-11-10(15(19)20)5-9(7-14-11)12(17)18/h5,7-8,16H,2-4,6H2,1H3,(H,13,14)(H,17,18). The van der Waals surface area contributed by atoms with Crippen LogP contribution in [0.25, 0.3) is 0 Å². The van der Waals surface area contributed by atoms with E-state index in [1.54, 1.807) is 0 Å². The van der Waals surface area contributed by atoms with Crippen molar-refractivity contribution in [1.82, 2.24) is 4.98 Å². The van der Waals surface area contributed by atoms with E-state index in [1.807, 2.05) is 6.92 Å². The van der Waals surface area contributed by atoms with Crippen molar-refractivity contribution in [2.24, 2.45) is 5.92 Å². The second-order valence-corrected chi connectivity index (χ2v) is 4.32. The van der Waals surface area contributed by atoms with Gasteiger partial charge >= 0.3 is 11.7 Å². The SMILES string of the molecule is CCC(CCO)CNc1ncc(C(=O)O)cc1[N+](=O)[O-]. The molecule has 8 nitrogen and oxygen atoms in total. The maximum atomic E-state index is 10.9. The fourth-order valence-corrected chi connectivity index (χ4v) is 1.72. The Morgan fingerprint density at radius 3 is 2.80 bits per heavy atom. The number of carboxylic acids is 1. The number of aliphatic hydroxyl groups is 1. The topological polar surface area (TPSA) is 126 Å². The summed E-state index contributed by atoms with van der Waals surface area (Å²) in [6, 6.07) is 0.977. The number of anilines is 1. The van der Waals surface area contributed by atoms with Crippen LogP contribution in [0.4, 0.5) is 11.5 Å². The van der Waals surface area contributed by atoms with Gasteiger partial charge in [0.1, 0.15) is 0 Å². The molecule has 0 fully saturated rings. The number of pyridine rings is 1. The van der Waals surface area contributed by atoms with E-state index < -0.39 is 10.9 Å². The summed E-state index contributed by atoms with van der Waals surface area (Å²) in [7, 11) is 0. The molecule has 1 heterocycles. The van der Waals surface area contributed by atoms with Crippen LogP contribution in [0.2, 0.25) is 0 Å². The normalized spacial score (nSPS) is 11.9. The van der Waals surface area contributed by atoms with E-state index in [-0.39, 0.29) is 29.6 Å². The number of carbonyl (C=O) groups is 1. The molecule has 8 heteroatoms. The zero-order chi connectivity index (χ0) is 15.1. The second-order valence-electron chi connectivity index (χ2n) is 4.32. The van der Waals surface area contributed by atoms with Crippen LogP contribution in [-0.4, -0.2) is 39.2 Å². The first kappa shape index (κ1) is 15.8. The van der Waals surface area contributed by atoms with Gasteiger partial charge in [-0.1, -0.05) is 13.3 Å². The van der Waals surface area contributed by atoms with E-state index >= 15 is 0 Å². The Morgan fingerprint density at radius 1 is 1.60 bits per heavy atom. The van der Waals surface area contributed by atoms with Crippen molar-refractivity contribution in [2.75, 3.05) is 18.5 Å². The average Bonchev–Trinajstić information content (AvgIpc) is 2.42. The number of carboxylic acid groups (broad SMARTS) is 1. The van der Waals surface area contributed by atoms with Gasteiger partial charge in [-0.3, -0.25) is 10.1 Å². The zero-order valence-corrected chi connectivity index (χ0v) is 11.1. The second kappa shape index (κ2) is 7.39. The molecule has 0 aromatic carbocycles. The first-order valence-corrected chi connectivity index (χ1v) is 6.22. The van der Waals surface area contributed by atoms with Crippen molar-refractivity contribution < 1.29 is 19.9 Å². The van der Waals surface area contributed by atoms with Crippen molar-refractivity contribution in [3.8, 4) is 0 Å². The molecule has 1 atom stereocenters. The summed E-state index contributed by atoms with van der Waals surface area (Å²) in [5, 5.41) is 31.5. The van der Waals surface area contributed by atoms with E-state index in [1.165, 1.54) is 0 Å². The number of hydrogen-bond acceptors (Lipinski definition) is 6. The smallest absolute Gasteiger partial charge is 0.337 e. The van der Waals surface area contributed by atoms with E-state index in [2.05, 4.69) is 10.3 Å². The molecule has 0 aliphatic rings. The van der Waals surface area contributed by atoms with Gasteiger partial charge in [-0.25, -0.2) is 9.78 Å². The number of aromatic nitrogens is 1. The van der Waals surface area contributed by atoms with Gasteiger partial charge < -0.3 is 15.5 Å². The molecule has 20 heavy (non-hydrogen) atoms. The molecule has 0 aliphatic carbocycles. The summed E-state index contributed by atoms with van der Waals surface area (Å²) in [6.07, 6.45) is 2.48. The van der Waals surface area contributed by atoms with Crippen LogP contribution in [-0.2, 0) is 0 Å². The lowest BCUT2D eigenvalue weighted by atomic mass is 10.0. The quantitative estimate of drug-likeness (QED) is 0.487. The van der Waals surface area contributed by atoms with Crippen molar-refractivity contribution in [3.05, 3.63) is 27.9 Å². The fourth-order valence-electron chi connectivity index (χ4n) is 1.72. The Labute approximate surface area is 115 Å². The lowest BCUT2D eigenvalue weighted by molar-refractivity contribution is -0.384. The average molecular weight is 283 g/mol. The van der Waals surface area contributed by atoms with Crippen LogP contribution in [0.5, 0.6) is 0 Å². The highest BCUT2D eigenvalue weighted by atomic mass is 16.6. The van der Waals surface area contributed by atoms with Crippen molar-refractivity contribution in [2.45, 2.75) is 19.8 Å². The van der Waals surface area contributed by atoms with Gasteiger partial charge in [-0.15, -0.1) is 0 Å². The van der Waals surface area contributed by atoms with Gasteiger partial charge in [0.05, 0.1) is 10.5 Å². The predicted molar refractivity (Wildman–Crippen MR) is 71.8 cm³/mol. The van der Waals surface area contributed by atoms with Gasteiger partial charge in [-0.05, 0) is 12.3 Å². The number of nitro groups is 1. The maximum absolute atomic E-state index is 10.9. The minimum absolute atomic E-state index is 0.0383. The molecule has 0 saturated heterocycles. The van der Waals surface area contributed by atoms with Gasteiger partial charge in [0.15, 0.2) is 0 Å². The van der Waals surface area contributed by atoms with Gasteiger partial charge in [-0.2, -0.15) is 0 Å². The summed E-state index contributed by atoms with van der Waals surface area (Å²) >= 11 is 0. The highest BCUT2D eigenvalue weighted by molar-refractivity contribution is 5.88. The van der Waals surface area contributed by atoms with Gasteiger partial charge in [0, 0.05) is 25.4 Å². The first-order valence-electron chi connectivity index (χ1n) is 6.22. The van der Waals surface area contributed by atoms with E-state index in [0.29, 0.717) is 13.0 Å². The molecule has 0 radical (unpaired) electrons. The molecule has 1 aromatic rings. The molecular formula is C12H17N3O5. The third kappa shape index (κ3) is 4.16. The summed E-state index contributed by atoms with van der Waals surface area (Å²) in [6.45, 7) is 2.43. The molecule has 0 saturated carbocycles. The summed E-state index contributed by atoms with van der Waals surface area (Å²) in [5.41, 5.74) is -0.603. The lowest BCUT2D eigenvalue weighted by Gasteiger charge is -2.14. The minimum atomic E-state index is -1.26. The largest absolute Gasteiger partial charge is 0.478 e. The van der Waals surface area contributed by atoms with Crippen molar-refractivity contribution in [1.29, 1.82) is 0 Å². The number of aromatic carboxylic acids is 1. The molecule has 0 bridgehead atoms. The Bertz CT molecular complexity index is 492. The molecular weight excluding hydrogens is 266 g/mol. The molecule has 0 amide bonds. The molecule has 3 N–H and O–H groups in total. The molecule has 0 spiro atoms. The van der Waals surface area contributed by atoms with E-state index in [0.717, 1.165) is 18.7 Å². The Kier molecular flexibility index (Phi) is 5.85. The summed E-state index contributed by atoms with van der Waals surface area (Å²) in [5.74, 6) is -1.06. The third-order valence-electron chi connectivity index (χ3n) is 2.98. The maximum Gasteiger partial charge on any atom is 0.337 e. The Hall–Kier alpha value is -2.22. The Balaban J connectivity index is 2.89. The summed E-state index contributed by atoms with van der Waals surface area (Å²) in [4.78, 5) is 24.8. The van der Waals surface area contributed by atoms with Crippen LogP contribution >= 0.6 is 0 Å². The number of nitrogens with zero attached hydrogens (tertiary/aromatic N) is 2. The first-order chi connectivity index (χ1) is 9.49. The van der Waals surface area contributed by atoms with Gasteiger partial charge in [0.2, 0.25) is 5.82 Å². The van der Waals surface area contributed by atoms with Crippen molar-refractivity contribution in [3.63, 3.8) is 0 Å². The molecule has 0 aliphatic heterocycles. The minimum Gasteiger partial charge on any atom is -0.478 e. The number of nitrogens with one attached hydrogen (secondary N) is 1. The highest BCUT2D eigenvalue weighted by Gasteiger charge is 2.19. The van der Waals surface area contributed by atoms with Crippen LogP contribution in [0.3, 0.4) is 0 Å². The van der Waals surface area contributed by atoms with Gasteiger partial charge in [0.25, 0.3) is 0 Å². The lowest BCUT2D eigenvalue weighted by Crippen LogP contribution is -2.16. The third-order valence-corrected chi connectivity index (χ3v) is 2.98. The van der Waals surface area contributed by atoms with Crippen LogP contribution in [0.1, 0.15) is 30.1 Å².